The number of carbonyl (C=O) groups excluding carboxylic acids is 1. The third-order valence-corrected chi connectivity index (χ3v) is 6.89. The smallest absolute Gasteiger partial charge is 0.262 e. The monoisotopic (exact) mass is 444 g/mol. The van der Waals surface area contributed by atoms with E-state index in [0.717, 1.165) is 0 Å². The molecule has 1 unspecified atom stereocenters. The highest BCUT2D eigenvalue weighted by Gasteiger charge is 2.39. The lowest BCUT2D eigenvalue weighted by Gasteiger charge is -2.22. The van der Waals surface area contributed by atoms with Crippen LogP contribution in [0.2, 0.25) is 0 Å². The molecule has 0 spiro atoms. The summed E-state index contributed by atoms with van der Waals surface area (Å²) in [6, 6.07) is 4.88. The molecule has 1 N–H and O–H groups in total. The molecule has 1 atom stereocenters. The van der Waals surface area contributed by atoms with Crippen LogP contribution in [0.4, 0.5) is 10.1 Å². The van der Waals surface area contributed by atoms with Crippen molar-refractivity contribution in [1.29, 1.82) is 0 Å². The molecule has 4 rings (SSSR count). The predicted molar refractivity (Wildman–Crippen MR) is 110 cm³/mol. The van der Waals surface area contributed by atoms with Crippen LogP contribution in [0, 0.1) is 12.7 Å². The maximum absolute atomic E-state index is 13.0. The highest BCUT2D eigenvalue weighted by atomic mass is 32.2. The molecule has 0 radical (unpaired) electrons. The van der Waals surface area contributed by atoms with Gasteiger partial charge in [-0.1, -0.05) is 0 Å². The average Bonchev–Trinajstić information content (AvgIpc) is 3.39. The molecular weight excluding hydrogens is 423 g/mol. The molecule has 3 heterocycles. The summed E-state index contributed by atoms with van der Waals surface area (Å²) >= 11 is 0. The van der Waals surface area contributed by atoms with Crippen LogP contribution in [0.3, 0.4) is 0 Å². The summed E-state index contributed by atoms with van der Waals surface area (Å²) in [4.78, 5) is 25.3. The van der Waals surface area contributed by atoms with Crippen molar-refractivity contribution >= 4 is 21.6 Å². The molecular formula is C20H21FN6O3S. The van der Waals surface area contributed by atoms with Gasteiger partial charge in [0.25, 0.3) is 15.9 Å². The van der Waals surface area contributed by atoms with Crippen molar-refractivity contribution in [1.82, 2.24) is 23.8 Å². The highest BCUT2D eigenvalue weighted by molar-refractivity contribution is 7.89. The fourth-order valence-electron chi connectivity index (χ4n) is 3.53. The molecule has 1 saturated heterocycles. The average molecular weight is 444 g/mol. The van der Waals surface area contributed by atoms with Crippen LogP contribution in [-0.2, 0) is 17.1 Å². The van der Waals surface area contributed by atoms with Crippen LogP contribution in [0.5, 0.6) is 0 Å². The van der Waals surface area contributed by atoms with Gasteiger partial charge >= 0.3 is 0 Å². The highest BCUT2D eigenvalue weighted by Crippen LogP contribution is 2.34. The van der Waals surface area contributed by atoms with Gasteiger partial charge in [-0.2, -0.15) is 4.31 Å². The van der Waals surface area contributed by atoms with Gasteiger partial charge in [-0.25, -0.2) is 27.8 Å². The standard InChI is InChI=1S/C20H21FN6O3S/c1-13-16(20(28)25-15-7-5-14(21)6-8-15)10-22-19(24-13)17-4-3-9-27(17)31(29,30)18-11-26(2)12-23-18/h5-8,10-12,17H,3-4,9H2,1-2H3,(H,25,28). The number of carbonyl (C=O) groups is 1. The van der Waals surface area contributed by atoms with E-state index in [2.05, 4.69) is 20.3 Å². The quantitative estimate of drug-likeness (QED) is 0.647. The second-order valence-corrected chi connectivity index (χ2v) is 9.18. The van der Waals surface area contributed by atoms with Gasteiger partial charge in [0.15, 0.2) is 5.03 Å². The minimum Gasteiger partial charge on any atom is -0.339 e. The maximum Gasteiger partial charge on any atom is 0.262 e. The molecule has 31 heavy (non-hydrogen) atoms. The number of benzene rings is 1. The SMILES string of the molecule is Cc1nc(C2CCCN2S(=O)(=O)c2cn(C)cn2)ncc1C(=O)Nc1ccc(F)cc1. The van der Waals surface area contributed by atoms with E-state index in [1.807, 2.05) is 0 Å². The number of sulfonamides is 1. The lowest BCUT2D eigenvalue weighted by atomic mass is 10.2. The molecule has 2 aromatic heterocycles. The Kier molecular flexibility index (Phi) is 5.54. The molecule has 9 nitrogen and oxygen atoms in total. The first-order valence-electron chi connectivity index (χ1n) is 9.66. The first-order valence-corrected chi connectivity index (χ1v) is 11.1. The van der Waals surface area contributed by atoms with Gasteiger partial charge in [-0.05, 0) is 44.0 Å². The number of hydrogen-bond donors (Lipinski definition) is 1. The number of aromatic nitrogens is 4. The number of anilines is 1. The first kappa shape index (κ1) is 21.1. The van der Waals surface area contributed by atoms with Gasteiger partial charge < -0.3 is 9.88 Å². The lowest BCUT2D eigenvalue weighted by molar-refractivity contribution is 0.102. The van der Waals surface area contributed by atoms with Crippen molar-refractivity contribution in [2.75, 3.05) is 11.9 Å². The second kappa shape index (κ2) is 8.16. The van der Waals surface area contributed by atoms with Gasteiger partial charge in [0, 0.05) is 31.7 Å². The van der Waals surface area contributed by atoms with Crippen LogP contribution >= 0.6 is 0 Å². The Morgan fingerprint density at radius 2 is 1.97 bits per heavy atom. The predicted octanol–water partition coefficient (Wildman–Crippen LogP) is 2.44. The summed E-state index contributed by atoms with van der Waals surface area (Å²) in [6.07, 6.45) is 5.53. The molecule has 1 aromatic carbocycles. The number of nitrogens with one attached hydrogen (secondary N) is 1. The Hall–Kier alpha value is -3.18. The Labute approximate surface area is 179 Å². The molecule has 1 fully saturated rings. The summed E-state index contributed by atoms with van der Waals surface area (Å²) in [5.74, 6) is -0.489. The molecule has 11 heteroatoms. The topological polar surface area (TPSA) is 110 Å². The number of rotatable bonds is 5. The molecule has 0 saturated carbocycles. The second-order valence-electron chi connectivity index (χ2n) is 7.34. The van der Waals surface area contributed by atoms with Gasteiger partial charge in [-0.3, -0.25) is 4.79 Å². The number of nitrogens with zero attached hydrogens (tertiary/aromatic N) is 5. The number of halogens is 1. The maximum atomic E-state index is 13.0. The molecule has 1 amide bonds. The molecule has 0 bridgehead atoms. The summed E-state index contributed by atoms with van der Waals surface area (Å²) in [7, 11) is -2.08. The number of amides is 1. The Morgan fingerprint density at radius 3 is 2.61 bits per heavy atom. The number of aryl methyl sites for hydroxylation is 2. The molecule has 1 aliphatic rings. The molecule has 3 aromatic rings. The van der Waals surface area contributed by atoms with E-state index in [4.69, 9.17) is 0 Å². The normalized spacial score (nSPS) is 17.1. The van der Waals surface area contributed by atoms with Gasteiger partial charge in [0.1, 0.15) is 11.6 Å². The van der Waals surface area contributed by atoms with Crippen molar-refractivity contribution in [3.63, 3.8) is 0 Å². The van der Waals surface area contributed by atoms with E-state index in [-0.39, 0.29) is 10.6 Å². The largest absolute Gasteiger partial charge is 0.339 e. The zero-order valence-corrected chi connectivity index (χ0v) is 17.8. The van der Waals surface area contributed by atoms with E-state index >= 15 is 0 Å². The zero-order chi connectivity index (χ0) is 22.2. The van der Waals surface area contributed by atoms with E-state index in [1.54, 1.807) is 18.5 Å². The number of imidazole rings is 1. The Bertz CT molecular complexity index is 1230. The first-order chi connectivity index (χ1) is 14.8. The summed E-state index contributed by atoms with van der Waals surface area (Å²) in [5, 5.41) is 2.65. The van der Waals surface area contributed by atoms with Crippen LogP contribution in [0.15, 0.2) is 48.0 Å². The van der Waals surface area contributed by atoms with Gasteiger partial charge in [0.2, 0.25) is 0 Å². The lowest BCUT2D eigenvalue weighted by Crippen LogP contribution is -2.32. The van der Waals surface area contributed by atoms with E-state index in [1.165, 1.54) is 47.3 Å². The summed E-state index contributed by atoms with van der Waals surface area (Å²) in [5.41, 5.74) is 1.12. The van der Waals surface area contributed by atoms with E-state index in [0.29, 0.717) is 36.6 Å². The minimum absolute atomic E-state index is 0.0195. The van der Waals surface area contributed by atoms with Gasteiger partial charge in [-0.15, -0.1) is 0 Å². The fourth-order valence-corrected chi connectivity index (χ4v) is 5.15. The van der Waals surface area contributed by atoms with Gasteiger partial charge in [0.05, 0.1) is 23.6 Å². The van der Waals surface area contributed by atoms with E-state index in [9.17, 15) is 17.6 Å². The molecule has 162 valence electrons. The Balaban J connectivity index is 1.57. The van der Waals surface area contributed by atoms with Crippen LogP contribution in [-0.4, -0.2) is 44.7 Å². The van der Waals surface area contributed by atoms with Crippen LogP contribution in [0.25, 0.3) is 0 Å². The zero-order valence-electron chi connectivity index (χ0n) is 17.0. The van der Waals surface area contributed by atoms with Crippen LogP contribution < -0.4 is 5.32 Å². The third kappa shape index (κ3) is 4.19. The van der Waals surface area contributed by atoms with Crippen molar-refractivity contribution in [2.45, 2.75) is 30.8 Å². The molecule has 1 aliphatic heterocycles. The van der Waals surface area contributed by atoms with Crippen molar-refractivity contribution in [3.05, 3.63) is 65.9 Å². The summed E-state index contributed by atoms with van der Waals surface area (Å²) in [6.45, 7) is 2.01. The third-order valence-electron chi connectivity index (χ3n) is 5.10. The van der Waals surface area contributed by atoms with Crippen LogP contribution in [0.1, 0.15) is 40.8 Å². The molecule has 0 aliphatic carbocycles. The minimum atomic E-state index is -3.79. The van der Waals surface area contributed by atoms with E-state index < -0.39 is 27.8 Å². The van der Waals surface area contributed by atoms with Crippen molar-refractivity contribution in [3.8, 4) is 0 Å². The fraction of sp³-hybridized carbons (Fsp3) is 0.300. The van der Waals surface area contributed by atoms with Crippen molar-refractivity contribution in [2.24, 2.45) is 7.05 Å². The Morgan fingerprint density at radius 1 is 1.23 bits per heavy atom. The summed E-state index contributed by atoms with van der Waals surface area (Å²) < 4.78 is 42.0. The van der Waals surface area contributed by atoms with Crippen molar-refractivity contribution < 1.29 is 17.6 Å². The number of hydrogen-bond acceptors (Lipinski definition) is 6.